The van der Waals surface area contributed by atoms with Crippen molar-refractivity contribution >= 4 is 11.7 Å². The molecule has 0 saturated carbocycles. The zero-order valence-electron chi connectivity index (χ0n) is 10.4. The molecule has 5 heteroatoms. The lowest BCUT2D eigenvalue weighted by Gasteiger charge is -2.09. The number of aromatic nitrogens is 1. The highest BCUT2D eigenvalue weighted by Crippen LogP contribution is 2.21. The van der Waals surface area contributed by atoms with Gasteiger partial charge in [-0.15, -0.1) is 0 Å². The van der Waals surface area contributed by atoms with E-state index in [0.717, 1.165) is 0 Å². The molecule has 1 heterocycles. The molecule has 1 aromatic carbocycles. The van der Waals surface area contributed by atoms with Gasteiger partial charge >= 0.3 is 0 Å². The van der Waals surface area contributed by atoms with Crippen LogP contribution in [0.5, 0.6) is 5.75 Å². The number of carbonyl (C=O) groups is 1. The summed E-state index contributed by atoms with van der Waals surface area (Å²) < 4.78 is 18.1. The fourth-order valence-electron chi connectivity index (χ4n) is 1.54. The number of ether oxygens (including phenoxy) is 1. The maximum atomic E-state index is 12.8. The molecule has 0 saturated heterocycles. The fourth-order valence-corrected chi connectivity index (χ4v) is 1.54. The number of amides is 1. The first-order valence-electron chi connectivity index (χ1n) is 5.85. The van der Waals surface area contributed by atoms with Crippen molar-refractivity contribution in [2.24, 2.45) is 0 Å². The average Bonchev–Trinajstić information content (AvgIpc) is 2.42. The van der Waals surface area contributed by atoms with E-state index in [1.165, 1.54) is 24.3 Å². The minimum absolute atomic E-state index is 0.346. The fraction of sp³-hybridized carbons (Fsp3) is 0.143. The number of benzene rings is 1. The Labute approximate surface area is 110 Å². The number of halogens is 1. The second kappa shape index (κ2) is 5.95. The highest BCUT2D eigenvalue weighted by molar-refractivity contribution is 6.04. The number of pyridine rings is 1. The van der Waals surface area contributed by atoms with Crippen LogP contribution >= 0.6 is 0 Å². The SMILES string of the molecule is CCOc1cccnc1NC(=O)c1ccc(F)cc1. The van der Waals surface area contributed by atoms with Gasteiger partial charge in [0, 0.05) is 11.8 Å². The molecule has 1 N–H and O–H groups in total. The molecule has 0 unspecified atom stereocenters. The van der Waals surface area contributed by atoms with Gasteiger partial charge in [-0.25, -0.2) is 9.37 Å². The van der Waals surface area contributed by atoms with Gasteiger partial charge in [0.05, 0.1) is 6.61 Å². The van der Waals surface area contributed by atoms with Crippen LogP contribution in [0.3, 0.4) is 0 Å². The normalized spacial score (nSPS) is 10.0. The monoisotopic (exact) mass is 260 g/mol. The predicted molar refractivity (Wildman–Crippen MR) is 69.8 cm³/mol. The maximum absolute atomic E-state index is 12.8. The molecule has 0 aliphatic carbocycles. The van der Waals surface area contributed by atoms with Gasteiger partial charge in [0.2, 0.25) is 0 Å². The lowest BCUT2D eigenvalue weighted by atomic mass is 10.2. The van der Waals surface area contributed by atoms with Crippen LogP contribution in [0.4, 0.5) is 10.2 Å². The summed E-state index contributed by atoms with van der Waals surface area (Å²) in [7, 11) is 0. The summed E-state index contributed by atoms with van der Waals surface area (Å²) in [5, 5.41) is 2.63. The third-order valence-electron chi connectivity index (χ3n) is 2.41. The van der Waals surface area contributed by atoms with Crippen LogP contribution in [-0.4, -0.2) is 17.5 Å². The summed E-state index contributed by atoms with van der Waals surface area (Å²) in [5.41, 5.74) is 0.356. The van der Waals surface area contributed by atoms with Crippen molar-refractivity contribution < 1.29 is 13.9 Å². The smallest absolute Gasteiger partial charge is 0.256 e. The number of hydrogen-bond acceptors (Lipinski definition) is 3. The molecule has 98 valence electrons. The van der Waals surface area contributed by atoms with Crippen molar-refractivity contribution in [2.45, 2.75) is 6.92 Å². The Kier molecular flexibility index (Phi) is 4.07. The first-order chi connectivity index (χ1) is 9.20. The summed E-state index contributed by atoms with van der Waals surface area (Å²) in [5.74, 6) is 0.100. The third kappa shape index (κ3) is 3.28. The Morgan fingerprint density at radius 3 is 2.74 bits per heavy atom. The minimum Gasteiger partial charge on any atom is -0.490 e. The van der Waals surface area contributed by atoms with Crippen LogP contribution in [0.1, 0.15) is 17.3 Å². The molecule has 0 bridgehead atoms. The Morgan fingerprint density at radius 1 is 1.32 bits per heavy atom. The number of anilines is 1. The molecular formula is C14H13FN2O2. The van der Waals surface area contributed by atoms with Crippen LogP contribution in [-0.2, 0) is 0 Å². The van der Waals surface area contributed by atoms with Crippen LogP contribution in [0.25, 0.3) is 0 Å². The van der Waals surface area contributed by atoms with Crippen molar-refractivity contribution in [2.75, 3.05) is 11.9 Å². The summed E-state index contributed by atoms with van der Waals surface area (Å²) in [6.45, 7) is 2.32. The minimum atomic E-state index is -0.385. The van der Waals surface area contributed by atoms with Gasteiger partial charge in [0.15, 0.2) is 11.6 Å². The Bertz CT molecular complexity index is 570. The van der Waals surface area contributed by atoms with E-state index in [0.29, 0.717) is 23.7 Å². The molecule has 0 aliphatic rings. The van der Waals surface area contributed by atoms with Crippen molar-refractivity contribution in [1.29, 1.82) is 0 Å². The van der Waals surface area contributed by atoms with E-state index in [1.54, 1.807) is 18.3 Å². The van der Waals surface area contributed by atoms with E-state index in [2.05, 4.69) is 10.3 Å². The summed E-state index contributed by atoms with van der Waals surface area (Å²) in [6, 6.07) is 8.73. The van der Waals surface area contributed by atoms with Gasteiger partial charge in [0.25, 0.3) is 5.91 Å². The molecule has 0 fully saturated rings. The van der Waals surface area contributed by atoms with Gasteiger partial charge in [-0.2, -0.15) is 0 Å². The maximum Gasteiger partial charge on any atom is 0.256 e. The van der Waals surface area contributed by atoms with Crippen molar-refractivity contribution in [1.82, 2.24) is 4.98 Å². The topological polar surface area (TPSA) is 51.2 Å². The van der Waals surface area contributed by atoms with E-state index in [4.69, 9.17) is 4.74 Å². The summed E-state index contributed by atoms with van der Waals surface area (Å²) in [6.07, 6.45) is 1.56. The number of rotatable bonds is 4. The standard InChI is InChI=1S/C14H13FN2O2/c1-2-19-12-4-3-9-16-13(12)17-14(18)10-5-7-11(15)8-6-10/h3-9H,2H2,1H3,(H,16,17,18). The lowest BCUT2D eigenvalue weighted by Crippen LogP contribution is -2.14. The number of hydrogen-bond donors (Lipinski definition) is 1. The molecule has 1 amide bonds. The summed E-state index contributed by atoms with van der Waals surface area (Å²) >= 11 is 0. The van der Waals surface area contributed by atoms with Gasteiger partial charge in [0.1, 0.15) is 5.82 Å². The average molecular weight is 260 g/mol. The van der Waals surface area contributed by atoms with E-state index in [1.807, 2.05) is 6.92 Å². The molecule has 0 spiro atoms. The van der Waals surface area contributed by atoms with Crippen molar-refractivity contribution in [3.63, 3.8) is 0 Å². The van der Waals surface area contributed by atoms with Gasteiger partial charge in [-0.3, -0.25) is 4.79 Å². The van der Waals surface area contributed by atoms with E-state index in [-0.39, 0.29) is 11.7 Å². The zero-order chi connectivity index (χ0) is 13.7. The van der Waals surface area contributed by atoms with E-state index < -0.39 is 0 Å². The highest BCUT2D eigenvalue weighted by atomic mass is 19.1. The number of nitrogens with zero attached hydrogens (tertiary/aromatic N) is 1. The van der Waals surface area contributed by atoms with E-state index >= 15 is 0 Å². The molecule has 0 radical (unpaired) electrons. The van der Waals surface area contributed by atoms with Gasteiger partial charge in [-0.1, -0.05) is 0 Å². The van der Waals surface area contributed by atoms with E-state index in [9.17, 15) is 9.18 Å². The number of nitrogens with one attached hydrogen (secondary N) is 1. The predicted octanol–water partition coefficient (Wildman–Crippen LogP) is 2.87. The highest BCUT2D eigenvalue weighted by Gasteiger charge is 2.10. The van der Waals surface area contributed by atoms with Crippen LogP contribution in [0.2, 0.25) is 0 Å². The van der Waals surface area contributed by atoms with Gasteiger partial charge < -0.3 is 10.1 Å². The van der Waals surface area contributed by atoms with Crippen molar-refractivity contribution in [3.8, 4) is 5.75 Å². The molecule has 19 heavy (non-hydrogen) atoms. The summed E-state index contributed by atoms with van der Waals surface area (Å²) in [4.78, 5) is 16.0. The third-order valence-corrected chi connectivity index (χ3v) is 2.41. The second-order valence-corrected chi connectivity index (χ2v) is 3.74. The first-order valence-corrected chi connectivity index (χ1v) is 5.85. The van der Waals surface area contributed by atoms with Crippen LogP contribution in [0, 0.1) is 5.82 Å². The second-order valence-electron chi connectivity index (χ2n) is 3.74. The Hall–Kier alpha value is -2.43. The molecule has 0 aliphatic heterocycles. The van der Waals surface area contributed by atoms with Crippen molar-refractivity contribution in [3.05, 3.63) is 54.0 Å². The molecule has 4 nitrogen and oxygen atoms in total. The van der Waals surface area contributed by atoms with Gasteiger partial charge in [-0.05, 0) is 43.3 Å². The largest absolute Gasteiger partial charge is 0.490 e. The number of carbonyl (C=O) groups excluding carboxylic acids is 1. The molecule has 2 aromatic rings. The molecule has 0 atom stereocenters. The first kappa shape index (κ1) is 13.0. The quantitative estimate of drug-likeness (QED) is 0.919. The van der Waals surface area contributed by atoms with Crippen LogP contribution in [0.15, 0.2) is 42.6 Å². The molecule has 1 aromatic heterocycles. The Balaban J connectivity index is 2.16. The molecular weight excluding hydrogens is 247 g/mol. The molecule has 2 rings (SSSR count). The lowest BCUT2D eigenvalue weighted by molar-refractivity contribution is 0.102. The Morgan fingerprint density at radius 2 is 2.05 bits per heavy atom. The van der Waals surface area contributed by atoms with Crippen LogP contribution < -0.4 is 10.1 Å². The zero-order valence-corrected chi connectivity index (χ0v) is 10.4.